The highest BCUT2D eigenvalue weighted by Gasteiger charge is 2.69. The number of hydrogen-bond acceptors (Lipinski definition) is 9. The molecule has 0 radical (unpaired) electrons. The highest BCUT2D eigenvalue weighted by Crippen LogP contribution is 2.66. The van der Waals surface area contributed by atoms with E-state index in [4.69, 9.17) is 18.9 Å². The van der Waals surface area contributed by atoms with Crippen molar-refractivity contribution in [2.24, 2.45) is 93.2 Å². The molecule has 2 aliphatic heterocycles. The summed E-state index contributed by atoms with van der Waals surface area (Å²) in [6.07, 6.45) is 12.8. The summed E-state index contributed by atoms with van der Waals surface area (Å²) in [5, 5.41) is 10.5. The maximum absolute atomic E-state index is 15.7. The fourth-order valence-corrected chi connectivity index (χ4v) is 16.8. The van der Waals surface area contributed by atoms with Crippen molar-refractivity contribution in [1.29, 1.82) is 0 Å². The molecule has 10 bridgehead atoms. The summed E-state index contributed by atoms with van der Waals surface area (Å²) in [5.41, 5.74) is -5.45. The van der Waals surface area contributed by atoms with E-state index in [0.717, 1.165) is 51.4 Å². The van der Waals surface area contributed by atoms with Crippen LogP contribution < -0.4 is 0 Å². The van der Waals surface area contributed by atoms with Gasteiger partial charge in [-0.15, -0.1) is 0 Å². The van der Waals surface area contributed by atoms with E-state index in [9.17, 15) is 19.5 Å². The van der Waals surface area contributed by atoms with Crippen LogP contribution in [0.3, 0.4) is 0 Å². The van der Waals surface area contributed by atoms with Gasteiger partial charge in [0.2, 0.25) is 0 Å². The molecular formula is C46H64O10. The van der Waals surface area contributed by atoms with Gasteiger partial charge < -0.3 is 24.1 Å². The molecule has 12 aliphatic rings. The van der Waals surface area contributed by atoms with Gasteiger partial charge in [-0.25, -0.2) is 0 Å². The summed E-state index contributed by atoms with van der Waals surface area (Å²) in [4.78, 5) is 71.5. The fourth-order valence-electron chi connectivity index (χ4n) is 16.8. The second-order valence-electron chi connectivity index (χ2n) is 22.5. The van der Waals surface area contributed by atoms with Crippen molar-refractivity contribution in [3.8, 4) is 0 Å². The molecule has 0 aromatic rings. The Bertz CT molecular complexity index is 1670. The molecule has 0 spiro atoms. The lowest BCUT2D eigenvalue weighted by molar-refractivity contribution is -0.239. The lowest BCUT2D eigenvalue weighted by atomic mass is 9.47. The smallest absolute Gasteiger partial charge is 0.320 e. The molecule has 11 atom stereocenters. The summed E-state index contributed by atoms with van der Waals surface area (Å²) in [6.45, 7) is 10.1. The van der Waals surface area contributed by atoms with E-state index in [-0.39, 0.29) is 35.5 Å². The number of carbonyl (C=O) groups excluding carboxylic acids is 4. The number of carboxylic acid groups (broad SMARTS) is 1. The number of carboxylic acids is 1. The zero-order valence-electron chi connectivity index (χ0n) is 34.2. The van der Waals surface area contributed by atoms with Crippen LogP contribution in [0.1, 0.15) is 137 Å². The number of cyclic esters (lactones) is 2. The Morgan fingerprint density at radius 1 is 0.750 bits per heavy atom. The molecule has 10 saturated carbocycles. The van der Waals surface area contributed by atoms with Gasteiger partial charge in [0.15, 0.2) is 0 Å². The second-order valence-corrected chi connectivity index (χ2v) is 22.5. The number of carbonyl (C=O) groups is 5. The van der Waals surface area contributed by atoms with Gasteiger partial charge in [-0.3, -0.25) is 24.0 Å². The van der Waals surface area contributed by atoms with Gasteiger partial charge in [0.1, 0.15) is 11.2 Å². The molecule has 2 heterocycles. The summed E-state index contributed by atoms with van der Waals surface area (Å²) in [6, 6.07) is 0. The zero-order chi connectivity index (χ0) is 39.3. The largest absolute Gasteiger partial charge is 0.481 e. The van der Waals surface area contributed by atoms with E-state index in [1.165, 1.54) is 6.42 Å². The van der Waals surface area contributed by atoms with E-state index < -0.39 is 81.2 Å². The van der Waals surface area contributed by atoms with E-state index in [1.54, 1.807) is 13.8 Å². The average molecular weight is 777 g/mol. The van der Waals surface area contributed by atoms with Crippen LogP contribution in [0.4, 0.5) is 0 Å². The van der Waals surface area contributed by atoms with Gasteiger partial charge in [-0.1, -0.05) is 6.92 Å². The van der Waals surface area contributed by atoms with Crippen LogP contribution in [0.5, 0.6) is 0 Å². The summed E-state index contributed by atoms with van der Waals surface area (Å²) in [7, 11) is 0. The number of ether oxygens (including phenoxy) is 4. The van der Waals surface area contributed by atoms with E-state index in [2.05, 4.69) is 13.8 Å². The molecule has 0 aromatic heterocycles. The van der Waals surface area contributed by atoms with Crippen molar-refractivity contribution >= 4 is 29.8 Å². The normalized spacial score (nSPS) is 50.9. The Kier molecular flexibility index (Phi) is 8.44. The van der Waals surface area contributed by atoms with Crippen molar-refractivity contribution < 1.29 is 48.0 Å². The maximum atomic E-state index is 15.7. The van der Waals surface area contributed by atoms with Gasteiger partial charge in [0, 0.05) is 18.9 Å². The molecule has 56 heavy (non-hydrogen) atoms. The topological polar surface area (TPSA) is 143 Å². The summed E-state index contributed by atoms with van der Waals surface area (Å²) >= 11 is 0. The van der Waals surface area contributed by atoms with Crippen molar-refractivity contribution in [3.05, 3.63) is 0 Å². The molecule has 12 rings (SSSR count). The van der Waals surface area contributed by atoms with Crippen molar-refractivity contribution in [3.63, 3.8) is 0 Å². The van der Waals surface area contributed by atoms with Gasteiger partial charge in [-0.2, -0.15) is 0 Å². The standard InChI is InChI=1S/C46H64O10/c1-23-28-8-9-29(17-28)33(23)34-35(38(48)54-37(34)47)36-32(7-6-10-53-36)43(4,41(52)55-44(5)30-13-24-11-25(15-30)16-31(44)14-24)42(2,3)40(51)56-46-20-26-12-27(21-46)19-45(18-26,22-46)39(49)50/h23-36H,6-22H2,1-5H3,(H,49,50). The van der Waals surface area contributed by atoms with Crippen LogP contribution in [0.25, 0.3) is 0 Å². The second kappa shape index (κ2) is 12.5. The predicted octanol–water partition coefficient (Wildman–Crippen LogP) is 7.54. The molecule has 1 N–H and O–H groups in total. The van der Waals surface area contributed by atoms with E-state index >= 15 is 9.59 Å². The first-order valence-electron chi connectivity index (χ1n) is 22.5. The lowest BCUT2D eigenvalue weighted by Crippen LogP contribution is -2.64. The van der Waals surface area contributed by atoms with Crippen LogP contribution in [0.2, 0.25) is 0 Å². The first-order chi connectivity index (χ1) is 26.5. The van der Waals surface area contributed by atoms with Crippen LogP contribution >= 0.6 is 0 Å². The number of fused-ring (bicyclic) bond motifs is 2. The third-order valence-electron chi connectivity index (χ3n) is 19.5. The maximum Gasteiger partial charge on any atom is 0.320 e. The van der Waals surface area contributed by atoms with Gasteiger partial charge in [0.05, 0.1) is 34.2 Å². The third-order valence-corrected chi connectivity index (χ3v) is 19.5. The number of hydrogen-bond donors (Lipinski definition) is 1. The highest BCUT2D eigenvalue weighted by atomic mass is 16.6. The Hall–Kier alpha value is -2.49. The predicted molar refractivity (Wildman–Crippen MR) is 201 cm³/mol. The lowest BCUT2D eigenvalue weighted by Gasteiger charge is -2.61. The molecule has 10 nitrogen and oxygen atoms in total. The van der Waals surface area contributed by atoms with E-state index in [1.807, 2.05) is 6.92 Å². The minimum Gasteiger partial charge on any atom is -0.481 e. The van der Waals surface area contributed by atoms with Crippen LogP contribution in [-0.2, 0) is 42.9 Å². The molecule has 0 amide bonds. The van der Waals surface area contributed by atoms with Gasteiger partial charge in [0.25, 0.3) is 0 Å². The van der Waals surface area contributed by atoms with Crippen LogP contribution in [-0.4, -0.2) is 58.9 Å². The fraction of sp³-hybridized carbons (Fsp3) is 0.891. The Morgan fingerprint density at radius 3 is 1.96 bits per heavy atom. The Labute approximate surface area is 331 Å². The molecule has 11 unspecified atom stereocenters. The number of esters is 4. The quantitative estimate of drug-likeness (QED) is 0.142. The third kappa shape index (κ3) is 5.23. The molecule has 308 valence electrons. The molecule has 10 heteroatoms. The monoisotopic (exact) mass is 776 g/mol. The van der Waals surface area contributed by atoms with Gasteiger partial charge >= 0.3 is 29.8 Å². The first kappa shape index (κ1) is 37.8. The summed E-state index contributed by atoms with van der Waals surface area (Å²) < 4.78 is 25.9. The number of rotatable bonds is 9. The van der Waals surface area contributed by atoms with Crippen LogP contribution in [0, 0.1) is 93.2 Å². The van der Waals surface area contributed by atoms with Gasteiger partial charge in [-0.05, 0) is 183 Å². The highest BCUT2D eigenvalue weighted by molar-refractivity contribution is 5.97. The summed E-state index contributed by atoms with van der Waals surface area (Å²) in [5.74, 6) is -1.65. The Morgan fingerprint density at radius 2 is 1.36 bits per heavy atom. The molecule has 12 fully saturated rings. The van der Waals surface area contributed by atoms with E-state index in [0.29, 0.717) is 75.2 Å². The van der Waals surface area contributed by atoms with Crippen LogP contribution in [0.15, 0.2) is 0 Å². The SMILES string of the molecule is CC1C2CCC(C2)C1C1C(=O)OC(=O)C1C1OCCCC1C(C)(C(=O)OC1(C)C2CC3CC(C2)CC1C3)C(C)(C)C(=O)OC12CC3CC(C1)CC(C(=O)O)(C3)C2. The molecular weight excluding hydrogens is 712 g/mol. The number of aliphatic carboxylic acids is 1. The van der Waals surface area contributed by atoms with Crippen molar-refractivity contribution in [2.45, 2.75) is 155 Å². The minimum atomic E-state index is -1.52. The molecule has 2 saturated heterocycles. The molecule has 0 aromatic carbocycles. The first-order valence-corrected chi connectivity index (χ1v) is 22.5. The minimum absolute atomic E-state index is 0.00431. The molecule has 10 aliphatic carbocycles. The Balaban J connectivity index is 1.02. The van der Waals surface area contributed by atoms with Crippen molar-refractivity contribution in [1.82, 2.24) is 0 Å². The zero-order valence-corrected chi connectivity index (χ0v) is 34.2. The average Bonchev–Trinajstić information content (AvgIpc) is 3.81. The van der Waals surface area contributed by atoms with Crippen molar-refractivity contribution in [2.75, 3.05) is 6.61 Å².